The molecule has 0 radical (unpaired) electrons. The van der Waals surface area contributed by atoms with Gasteiger partial charge in [-0.3, -0.25) is 0 Å². The lowest BCUT2D eigenvalue weighted by Crippen LogP contribution is -2.23. The second kappa shape index (κ2) is 5.65. The van der Waals surface area contributed by atoms with Crippen molar-refractivity contribution in [1.82, 2.24) is 9.55 Å². The monoisotopic (exact) mass is 294 g/mol. The van der Waals surface area contributed by atoms with Crippen LogP contribution in [0, 0.1) is 11.3 Å². The molecule has 0 saturated carbocycles. The van der Waals surface area contributed by atoms with Crippen molar-refractivity contribution in [2.24, 2.45) is 11.3 Å². The Morgan fingerprint density at radius 1 is 1.35 bits per heavy atom. The van der Waals surface area contributed by atoms with Crippen molar-refractivity contribution in [2.45, 2.75) is 40.1 Å². The van der Waals surface area contributed by atoms with Gasteiger partial charge in [0.1, 0.15) is 11.6 Å². The predicted molar refractivity (Wildman–Crippen MR) is 84.5 cm³/mol. The summed E-state index contributed by atoms with van der Waals surface area (Å²) in [5, 5.41) is 0. The summed E-state index contributed by atoms with van der Waals surface area (Å²) in [5.41, 5.74) is 2.32. The van der Waals surface area contributed by atoms with E-state index in [4.69, 9.17) is 16.3 Å². The molecule has 0 aliphatic heterocycles. The highest BCUT2D eigenvalue weighted by Gasteiger charge is 2.22. The Bertz CT molecular complexity index is 598. The maximum absolute atomic E-state index is 6.06. The maximum atomic E-state index is 6.06. The normalized spacial score (nSPS) is 13.7. The fraction of sp³-hybridized carbons (Fsp3) is 0.562. The summed E-state index contributed by atoms with van der Waals surface area (Å²) in [6, 6.07) is 6.00. The van der Waals surface area contributed by atoms with Gasteiger partial charge in [0.2, 0.25) is 0 Å². The Morgan fingerprint density at radius 2 is 2.05 bits per heavy atom. The Labute approximate surface area is 125 Å². The van der Waals surface area contributed by atoms with Gasteiger partial charge in [-0.15, -0.1) is 11.6 Å². The molecule has 1 aromatic heterocycles. The van der Waals surface area contributed by atoms with Crippen LogP contribution >= 0.6 is 11.6 Å². The standard InChI is InChI=1S/C16H23ClN2O/c1-11(16(2,3)4)10-19-14-7-6-12(20-5)8-13(14)18-15(19)9-17/h6-8,11H,9-10H2,1-5H3. The minimum Gasteiger partial charge on any atom is -0.497 e. The summed E-state index contributed by atoms with van der Waals surface area (Å²) >= 11 is 6.06. The van der Waals surface area contributed by atoms with E-state index in [1.165, 1.54) is 0 Å². The number of hydrogen-bond acceptors (Lipinski definition) is 2. The summed E-state index contributed by atoms with van der Waals surface area (Å²) in [6.07, 6.45) is 0. The van der Waals surface area contributed by atoms with Crippen LogP contribution in [0.5, 0.6) is 5.75 Å². The molecule has 20 heavy (non-hydrogen) atoms. The first-order valence-corrected chi connectivity index (χ1v) is 7.49. The van der Waals surface area contributed by atoms with E-state index in [9.17, 15) is 0 Å². The molecule has 0 N–H and O–H groups in total. The molecule has 3 nitrogen and oxygen atoms in total. The van der Waals surface area contributed by atoms with E-state index >= 15 is 0 Å². The fourth-order valence-corrected chi connectivity index (χ4v) is 2.34. The van der Waals surface area contributed by atoms with Gasteiger partial charge in [-0.25, -0.2) is 4.98 Å². The van der Waals surface area contributed by atoms with Gasteiger partial charge in [0, 0.05) is 12.6 Å². The average molecular weight is 295 g/mol. The van der Waals surface area contributed by atoms with Gasteiger partial charge in [0.25, 0.3) is 0 Å². The first kappa shape index (κ1) is 15.2. The van der Waals surface area contributed by atoms with E-state index < -0.39 is 0 Å². The molecule has 0 amide bonds. The molecular weight excluding hydrogens is 272 g/mol. The lowest BCUT2D eigenvalue weighted by molar-refractivity contribution is 0.233. The van der Waals surface area contributed by atoms with Crippen molar-refractivity contribution in [3.05, 3.63) is 24.0 Å². The number of alkyl halides is 1. The van der Waals surface area contributed by atoms with Crippen molar-refractivity contribution in [3.63, 3.8) is 0 Å². The van der Waals surface area contributed by atoms with Crippen molar-refractivity contribution < 1.29 is 4.74 Å². The number of fused-ring (bicyclic) bond motifs is 1. The minimum absolute atomic E-state index is 0.257. The molecule has 0 aliphatic rings. The number of aromatic nitrogens is 2. The van der Waals surface area contributed by atoms with E-state index in [-0.39, 0.29) is 5.41 Å². The van der Waals surface area contributed by atoms with Crippen LogP contribution in [0.1, 0.15) is 33.5 Å². The highest BCUT2D eigenvalue weighted by Crippen LogP contribution is 2.30. The largest absolute Gasteiger partial charge is 0.497 e. The quantitative estimate of drug-likeness (QED) is 0.778. The number of nitrogens with zero attached hydrogens (tertiary/aromatic N) is 2. The second-order valence-electron chi connectivity index (χ2n) is 6.39. The Morgan fingerprint density at radius 3 is 2.60 bits per heavy atom. The molecule has 4 heteroatoms. The van der Waals surface area contributed by atoms with Gasteiger partial charge < -0.3 is 9.30 Å². The zero-order valence-electron chi connectivity index (χ0n) is 12.9. The van der Waals surface area contributed by atoms with Crippen LogP contribution in [-0.2, 0) is 12.4 Å². The summed E-state index contributed by atoms with van der Waals surface area (Å²) < 4.78 is 7.49. The molecule has 2 aromatic rings. The molecule has 1 heterocycles. The van der Waals surface area contributed by atoms with E-state index in [1.54, 1.807) is 7.11 Å². The summed E-state index contributed by atoms with van der Waals surface area (Å²) in [7, 11) is 1.67. The number of methoxy groups -OCH3 is 1. The highest BCUT2D eigenvalue weighted by molar-refractivity contribution is 6.16. The zero-order chi connectivity index (χ0) is 14.9. The third-order valence-electron chi connectivity index (χ3n) is 4.09. The molecule has 1 unspecified atom stereocenters. The second-order valence-corrected chi connectivity index (χ2v) is 6.66. The van der Waals surface area contributed by atoms with Gasteiger partial charge in [-0.05, 0) is 23.5 Å². The average Bonchev–Trinajstić information content (AvgIpc) is 2.74. The highest BCUT2D eigenvalue weighted by atomic mass is 35.5. The first-order valence-electron chi connectivity index (χ1n) is 6.96. The predicted octanol–water partition coefficient (Wildman–Crippen LogP) is 4.47. The van der Waals surface area contributed by atoms with Crippen molar-refractivity contribution in [2.75, 3.05) is 7.11 Å². The molecule has 0 spiro atoms. The smallest absolute Gasteiger partial charge is 0.124 e. The van der Waals surface area contributed by atoms with Crippen molar-refractivity contribution >= 4 is 22.6 Å². The van der Waals surface area contributed by atoms with E-state index in [1.807, 2.05) is 12.1 Å². The zero-order valence-corrected chi connectivity index (χ0v) is 13.7. The minimum atomic E-state index is 0.257. The topological polar surface area (TPSA) is 27.1 Å². The van der Waals surface area contributed by atoms with Gasteiger partial charge in [0.05, 0.1) is 24.0 Å². The number of imidazole rings is 1. The van der Waals surface area contributed by atoms with Gasteiger partial charge in [-0.1, -0.05) is 27.7 Å². The first-order chi connectivity index (χ1) is 9.36. The van der Waals surface area contributed by atoms with Crippen LogP contribution in [0.15, 0.2) is 18.2 Å². The Kier molecular flexibility index (Phi) is 4.28. The molecule has 0 saturated heterocycles. The Hall–Kier alpha value is -1.22. The summed E-state index contributed by atoms with van der Waals surface area (Å²) in [4.78, 5) is 4.63. The maximum Gasteiger partial charge on any atom is 0.124 e. The molecule has 0 bridgehead atoms. The summed E-state index contributed by atoms with van der Waals surface area (Å²) in [6.45, 7) is 9.99. The van der Waals surface area contributed by atoms with E-state index in [0.717, 1.165) is 29.2 Å². The number of ether oxygens (including phenoxy) is 1. The summed E-state index contributed by atoms with van der Waals surface area (Å²) in [5.74, 6) is 2.70. The van der Waals surface area contributed by atoms with Gasteiger partial charge >= 0.3 is 0 Å². The fourth-order valence-electron chi connectivity index (χ4n) is 2.14. The van der Waals surface area contributed by atoms with Crippen molar-refractivity contribution in [3.8, 4) is 5.75 Å². The van der Waals surface area contributed by atoms with Crippen LogP contribution in [0.4, 0.5) is 0 Å². The van der Waals surface area contributed by atoms with Crippen LogP contribution < -0.4 is 4.74 Å². The van der Waals surface area contributed by atoms with E-state index in [0.29, 0.717) is 11.8 Å². The number of halogens is 1. The molecule has 0 fully saturated rings. The number of benzene rings is 1. The third kappa shape index (κ3) is 2.93. The molecule has 1 aromatic carbocycles. The van der Waals surface area contributed by atoms with Crippen LogP contribution in [0.3, 0.4) is 0 Å². The number of hydrogen-bond donors (Lipinski definition) is 0. The van der Waals surface area contributed by atoms with Crippen LogP contribution in [-0.4, -0.2) is 16.7 Å². The van der Waals surface area contributed by atoms with Crippen LogP contribution in [0.2, 0.25) is 0 Å². The lowest BCUT2D eigenvalue weighted by atomic mass is 9.82. The van der Waals surface area contributed by atoms with Gasteiger partial charge in [0.15, 0.2) is 0 Å². The Balaban J connectivity index is 2.45. The molecule has 110 valence electrons. The molecule has 2 rings (SSSR count). The van der Waals surface area contributed by atoms with Gasteiger partial charge in [-0.2, -0.15) is 0 Å². The molecule has 0 aliphatic carbocycles. The van der Waals surface area contributed by atoms with E-state index in [2.05, 4.69) is 43.3 Å². The van der Waals surface area contributed by atoms with Crippen molar-refractivity contribution in [1.29, 1.82) is 0 Å². The lowest BCUT2D eigenvalue weighted by Gasteiger charge is -2.28. The third-order valence-corrected chi connectivity index (χ3v) is 4.33. The molecule has 1 atom stereocenters. The number of rotatable bonds is 4. The van der Waals surface area contributed by atoms with Crippen LogP contribution in [0.25, 0.3) is 11.0 Å². The molecular formula is C16H23ClN2O. The SMILES string of the molecule is COc1ccc2c(c1)nc(CCl)n2CC(C)C(C)(C)C.